The van der Waals surface area contributed by atoms with E-state index in [1.54, 1.807) is 6.20 Å². The maximum atomic E-state index is 10.3. The van der Waals surface area contributed by atoms with Crippen LogP contribution < -0.4 is 10.1 Å². The fourth-order valence-corrected chi connectivity index (χ4v) is 1.62. The number of hydrogen-bond donors (Lipinski definition) is 2. The molecule has 2 rings (SSSR count). The van der Waals surface area contributed by atoms with Crippen molar-refractivity contribution in [2.45, 2.75) is 0 Å². The highest BCUT2D eigenvalue weighted by molar-refractivity contribution is 5.84. The van der Waals surface area contributed by atoms with Gasteiger partial charge in [0.05, 0.1) is 6.54 Å². The van der Waals surface area contributed by atoms with Crippen LogP contribution in [0.25, 0.3) is 10.9 Å². The lowest BCUT2D eigenvalue weighted by molar-refractivity contribution is -0.135. The molecular formula is C13H14N2O3. The number of aromatic nitrogens is 1. The second-order valence-corrected chi connectivity index (χ2v) is 3.75. The Morgan fingerprint density at radius 1 is 1.33 bits per heavy atom. The standard InChI is InChI=1S/C13H14N2O3/c16-12(17)9-14-7-8-18-11-5-1-3-10-4-2-6-15-13(10)11/h1-6,14H,7-9H2,(H,16,17). The number of ether oxygens (including phenoxy) is 1. The molecule has 5 nitrogen and oxygen atoms in total. The molecule has 2 N–H and O–H groups in total. The molecule has 0 bridgehead atoms. The number of hydrogen-bond acceptors (Lipinski definition) is 4. The van der Waals surface area contributed by atoms with E-state index in [1.165, 1.54) is 0 Å². The minimum atomic E-state index is -0.873. The lowest BCUT2D eigenvalue weighted by Crippen LogP contribution is -2.26. The molecule has 0 saturated carbocycles. The Bertz CT molecular complexity index is 537. The van der Waals surface area contributed by atoms with Crippen LogP contribution in [0.15, 0.2) is 36.5 Å². The minimum absolute atomic E-state index is 0.0584. The van der Waals surface area contributed by atoms with Crippen molar-refractivity contribution in [3.63, 3.8) is 0 Å². The number of pyridine rings is 1. The SMILES string of the molecule is O=C(O)CNCCOc1cccc2cccnc12. The van der Waals surface area contributed by atoms with Crippen molar-refractivity contribution < 1.29 is 14.6 Å². The van der Waals surface area contributed by atoms with Crippen LogP contribution in [0.3, 0.4) is 0 Å². The van der Waals surface area contributed by atoms with Gasteiger partial charge in [0.2, 0.25) is 0 Å². The summed E-state index contributed by atoms with van der Waals surface area (Å²) in [5.74, 6) is -0.160. The first-order chi connectivity index (χ1) is 8.77. The molecule has 0 radical (unpaired) electrons. The third-order valence-corrected chi connectivity index (χ3v) is 2.41. The van der Waals surface area contributed by atoms with E-state index >= 15 is 0 Å². The van der Waals surface area contributed by atoms with Crippen LogP contribution in [0.4, 0.5) is 0 Å². The molecule has 2 aromatic rings. The molecule has 0 aliphatic carbocycles. The number of fused-ring (bicyclic) bond motifs is 1. The largest absolute Gasteiger partial charge is 0.490 e. The second kappa shape index (κ2) is 5.97. The molecule has 1 heterocycles. The number of nitrogens with zero attached hydrogens (tertiary/aromatic N) is 1. The van der Waals surface area contributed by atoms with Crippen molar-refractivity contribution in [2.24, 2.45) is 0 Å². The van der Waals surface area contributed by atoms with Gasteiger partial charge in [0.1, 0.15) is 17.9 Å². The van der Waals surface area contributed by atoms with Gasteiger partial charge in [-0.2, -0.15) is 0 Å². The number of carboxylic acid groups (broad SMARTS) is 1. The number of carboxylic acids is 1. The smallest absolute Gasteiger partial charge is 0.317 e. The lowest BCUT2D eigenvalue weighted by atomic mass is 10.2. The summed E-state index contributed by atoms with van der Waals surface area (Å²) in [5, 5.41) is 12.2. The van der Waals surface area contributed by atoms with Crippen molar-refractivity contribution in [1.29, 1.82) is 0 Å². The first-order valence-corrected chi connectivity index (χ1v) is 5.66. The first kappa shape index (κ1) is 12.3. The topological polar surface area (TPSA) is 71.5 Å². The maximum Gasteiger partial charge on any atom is 0.317 e. The van der Waals surface area contributed by atoms with Crippen LogP contribution in [0.2, 0.25) is 0 Å². The van der Waals surface area contributed by atoms with Crippen LogP contribution in [0.1, 0.15) is 0 Å². The van der Waals surface area contributed by atoms with Gasteiger partial charge in [0, 0.05) is 18.1 Å². The molecule has 1 aromatic carbocycles. The van der Waals surface area contributed by atoms with E-state index < -0.39 is 5.97 Å². The lowest BCUT2D eigenvalue weighted by Gasteiger charge is -2.08. The van der Waals surface area contributed by atoms with Gasteiger partial charge in [0.25, 0.3) is 0 Å². The summed E-state index contributed by atoms with van der Waals surface area (Å²) in [6, 6.07) is 9.58. The molecular weight excluding hydrogens is 232 g/mol. The quantitative estimate of drug-likeness (QED) is 0.751. The second-order valence-electron chi connectivity index (χ2n) is 3.75. The van der Waals surface area contributed by atoms with Crippen molar-refractivity contribution in [1.82, 2.24) is 10.3 Å². The van der Waals surface area contributed by atoms with Gasteiger partial charge in [-0.25, -0.2) is 0 Å². The molecule has 1 aromatic heterocycles. The van der Waals surface area contributed by atoms with Gasteiger partial charge in [0.15, 0.2) is 0 Å². The zero-order chi connectivity index (χ0) is 12.8. The number of nitrogens with one attached hydrogen (secondary N) is 1. The van der Waals surface area contributed by atoms with Gasteiger partial charge in [-0.05, 0) is 12.1 Å². The van der Waals surface area contributed by atoms with E-state index in [2.05, 4.69) is 10.3 Å². The van der Waals surface area contributed by atoms with Gasteiger partial charge in [-0.3, -0.25) is 9.78 Å². The van der Waals surface area contributed by atoms with Crippen LogP contribution in [0.5, 0.6) is 5.75 Å². The Morgan fingerprint density at radius 2 is 2.17 bits per heavy atom. The molecule has 0 aliphatic rings. The van der Waals surface area contributed by atoms with Crippen LogP contribution in [-0.2, 0) is 4.79 Å². The van der Waals surface area contributed by atoms with Crippen molar-refractivity contribution in [3.8, 4) is 5.75 Å². The zero-order valence-electron chi connectivity index (χ0n) is 9.80. The normalized spacial score (nSPS) is 10.4. The Kier molecular flexibility index (Phi) is 4.09. The summed E-state index contributed by atoms with van der Waals surface area (Å²) in [6.07, 6.45) is 1.72. The molecule has 0 fully saturated rings. The third-order valence-electron chi connectivity index (χ3n) is 2.41. The van der Waals surface area contributed by atoms with Crippen molar-refractivity contribution in [3.05, 3.63) is 36.5 Å². The summed E-state index contributed by atoms with van der Waals surface area (Å²) in [6.45, 7) is 0.829. The maximum absolute atomic E-state index is 10.3. The van der Waals surface area contributed by atoms with Gasteiger partial charge in [-0.1, -0.05) is 18.2 Å². The average Bonchev–Trinajstić information content (AvgIpc) is 2.38. The Labute approximate surface area is 104 Å². The molecule has 0 amide bonds. The summed E-state index contributed by atoms with van der Waals surface area (Å²) < 4.78 is 5.58. The molecule has 0 saturated heterocycles. The van der Waals surface area contributed by atoms with E-state index in [4.69, 9.17) is 9.84 Å². The fourth-order valence-electron chi connectivity index (χ4n) is 1.62. The molecule has 0 atom stereocenters. The zero-order valence-corrected chi connectivity index (χ0v) is 9.80. The summed E-state index contributed by atoms with van der Waals surface area (Å²) in [4.78, 5) is 14.6. The molecule has 0 spiro atoms. The highest BCUT2D eigenvalue weighted by atomic mass is 16.5. The predicted octanol–water partition coefficient (Wildman–Crippen LogP) is 1.29. The predicted molar refractivity (Wildman–Crippen MR) is 67.7 cm³/mol. The Morgan fingerprint density at radius 3 is 3.00 bits per heavy atom. The molecule has 18 heavy (non-hydrogen) atoms. The number of aliphatic carboxylic acids is 1. The van der Waals surface area contributed by atoms with E-state index in [1.807, 2.05) is 30.3 Å². The van der Waals surface area contributed by atoms with E-state index in [-0.39, 0.29) is 6.54 Å². The number of para-hydroxylation sites is 1. The third kappa shape index (κ3) is 3.18. The van der Waals surface area contributed by atoms with Crippen LogP contribution >= 0.6 is 0 Å². The highest BCUT2D eigenvalue weighted by Gasteiger charge is 2.02. The van der Waals surface area contributed by atoms with Crippen molar-refractivity contribution >= 4 is 16.9 Å². The molecule has 5 heteroatoms. The van der Waals surface area contributed by atoms with E-state index in [0.29, 0.717) is 18.9 Å². The van der Waals surface area contributed by atoms with E-state index in [9.17, 15) is 4.79 Å². The molecule has 0 aliphatic heterocycles. The number of carbonyl (C=O) groups is 1. The fraction of sp³-hybridized carbons (Fsp3) is 0.231. The highest BCUT2D eigenvalue weighted by Crippen LogP contribution is 2.22. The average molecular weight is 246 g/mol. The minimum Gasteiger partial charge on any atom is -0.490 e. The van der Waals surface area contributed by atoms with Crippen molar-refractivity contribution in [2.75, 3.05) is 19.7 Å². The number of benzene rings is 1. The monoisotopic (exact) mass is 246 g/mol. The van der Waals surface area contributed by atoms with Gasteiger partial charge < -0.3 is 15.2 Å². The summed E-state index contributed by atoms with van der Waals surface area (Å²) in [5.41, 5.74) is 0.818. The Balaban J connectivity index is 1.93. The molecule has 94 valence electrons. The number of rotatable bonds is 6. The van der Waals surface area contributed by atoms with Crippen LogP contribution in [-0.4, -0.2) is 35.8 Å². The van der Waals surface area contributed by atoms with E-state index in [0.717, 1.165) is 10.9 Å². The first-order valence-electron chi connectivity index (χ1n) is 5.66. The van der Waals surface area contributed by atoms with Gasteiger partial charge >= 0.3 is 5.97 Å². The molecule has 0 unspecified atom stereocenters. The van der Waals surface area contributed by atoms with Crippen LogP contribution in [0, 0.1) is 0 Å². The van der Waals surface area contributed by atoms with Gasteiger partial charge in [-0.15, -0.1) is 0 Å². The summed E-state index contributed by atoms with van der Waals surface area (Å²) in [7, 11) is 0. The summed E-state index contributed by atoms with van der Waals surface area (Å²) >= 11 is 0. The Hall–Kier alpha value is -2.14.